The molecule has 0 saturated heterocycles. The summed E-state index contributed by atoms with van der Waals surface area (Å²) in [4.78, 5) is 10.5. The lowest BCUT2D eigenvalue weighted by molar-refractivity contribution is 0.0685. The fourth-order valence-electron chi connectivity index (χ4n) is 0.656. The van der Waals surface area contributed by atoms with E-state index in [9.17, 15) is 4.79 Å². The smallest absolute Gasteiger partial charge is 0.360 e. The van der Waals surface area contributed by atoms with Gasteiger partial charge in [0.15, 0.2) is 5.75 Å². The maximum atomic E-state index is 10.5. The molecule has 0 unspecified atom stereocenters. The maximum Gasteiger partial charge on any atom is 0.360 e. The van der Waals surface area contributed by atoms with E-state index in [1.165, 1.54) is 13.2 Å². The van der Waals surface area contributed by atoms with Crippen LogP contribution in [0.2, 0.25) is 0 Å². The van der Waals surface area contributed by atoms with Crippen LogP contribution in [0.15, 0.2) is 10.7 Å². The molecule has 12 heavy (non-hydrogen) atoms. The Morgan fingerprint density at radius 3 is 2.83 bits per heavy atom. The number of nitrogens with zero attached hydrogens (tertiary/aromatic N) is 2. The van der Waals surface area contributed by atoms with Gasteiger partial charge in [0, 0.05) is 6.07 Å². The lowest BCUT2D eigenvalue weighted by Gasteiger charge is -2.01. The number of aromatic carboxylic acids is 1. The molecule has 1 heterocycles. The molecule has 0 amide bonds. The molecule has 1 aromatic rings. The number of ether oxygens (including phenoxy) is 1. The number of carboxylic acids is 1. The number of methoxy groups -OCH3 is 1. The number of hydrogen-bond acceptors (Lipinski definition) is 4. The Balaban J connectivity index is 3.20. The molecule has 5 nitrogen and oxygen atoms in total. The normalized spacial score (nSPS) is 9.50. The number of hydrogen-bond donors (Lipinski definition) is 1. The molecule has 0 aliphatic heterocycles. The van der Waals surface area contributed by atoms with Gasteiger partial charge in [-0.15, -0.1) is 10.2 Å². The molecule has 1 rings (SSSR count). The molecular weight excluding hydrogens is 228 g/mol. The van der Waals surface area contributed by atoms with Crippen molar-refractivity contribution < 1.29 is 14.6 Å². The zero-order chi connectivity index (χ0) is 9.14. The zero-order valence-corrected chi connectivity index (χ0v) is 7.70. The van der Waals surface area contributed by atoms with Crippen LogP contribution in [0.5, 0.6) is 5.75 Å². The fourth-order valence-corrected chi connectivity index (χ4v) is 0.943. The lowest BCUT2D eigenvalue weighted by atomic mass is 10.3. The van der Waals surface area contributed by atoms with Gasteiger partial charge in [0.1, 0.15) is 4.60 Å². The number of aromatic nitrogens is 2. The number of carbonyl (C=O) groups is 1. The van der Waals surface area contributed by atoms with Crippen LogP contribution < -0.4 is 4.74 Å². The third-order valence-corrected chi connectivity index (χ3v) is 1.54. The lowest BCUT2D eigenvalue weighted by Crippen LogP contribution is -2.05. The highest BCUT2D eigenvalue weighted by Gasteiger charge is 2.13. The van der Waals surface area contributed by atoms with Gasteiger partial charge in [0.05, 0.1) is 7.11 Å². The van der Waals surface area contributed by atoms with Gasteiger partial charge in [-0.25, -0.2) is 4.79 Å². The largest absolute Gasteiger partial charge is 0.494 e. The fraction of sp³-hybridized carbons (Fsp3) is 0.167. The molecule has 0 atom stereocenters. The second-order valence-electron chi connectivity index (χ2n) is 1.89. The van der Waals surface area contributed by atoms with Crippen molar-refractivity contribution in [2.75, 3.05) is 7.11 Å². The van der Waals surface area contributed by atoms with E-state index in [-0.39, 0.29) is 11.4 Å². The maximum absolute atomic E-state index is 10.5. The first-order chi connectivity index (χ1) is 5.65. The average molecular weight is 233 g/mol. The minimum Gasteiger partial charge on any atom is -0.494 e. The van der Waals surface area contributed by atoms with Gasteiger partial charge in [-0.3, -0.25) is 0 Å². The van der Waals surface area contributed by atoms with Gasteiger partial charge < -0.3 is 9.84 Å². The third-order valence-electron chi connectivity index (χ3n) is 1.15. The predicted octanol–water partition coefficient (Wildman–Crippen LogP) is 0.946. The minimum absolute atomic E-state index is 0.185. The van der Waals surface area contributed by atoms with Gasteiger partial charge >= 0.3 is 5.97 Å². The quantitative estimate of drug-likeness (QED) is 0.822. The summed E-state index contributed by atoms with van der Waals surface area (Å²) < 4.78 is 5.21. The van der Waals surface area contributed by atoms with Crippen molar-refractivity contribution in [3.63, 3.8) is 0 Å². The Morgan fingerprint density at radius 1 is 1.67 bits per heavy atom. The first kappa shape index (κ1) is 8.92. The van der Waals surface area contributed by atoms with Crippen LogP contribution in [0.3, 0.4) is 0 Å². The molecule has 0 aliphatic carbocycles. The number of carboxylic acid groups (broad SMARTS) is 1. The summed E-state index contributed by atoms with van der Waals surface area (Å²) in [7, 11) is 1.37. The number of halogens is 1. The summed E-state index contributed by atoms with van der Waals surface area (Å²) in [5, 5.41) is 15.5. The topological polar surface area (TPSA) is 72.3 Å². The van der Waals surface area contributed by atoms with Crippen molar-refractivity contribution in [1.29, 1.82) is 0 Å². The summed E-state index contributed by atoms with van der Waals surface area (Å²) in [5.41, 5.74) is -0.194. The van der Waals surface area contributed by atoms with Gasteiger partial charge in [0.25, 0.3) is 0 Å². The molecule has 0 fully saturated rings. The molecule has 0 spiro atoms. The van der Waals surface area contributed by atoms with Gasteiger partial charge in [-0.2, -0.15) is 0 Å². The van der Waals surface area contributed by atoms with Crippen LogP contribution in [0.25, 0.3) is 0 Å². The molecule has 1 N–H and O–H groups in total. The van der Waals surface area contributed by atoms with E-state index in [1.807, 2.05) is 0 Å². The molecule has 6 heteroatoms. The van der Waals surface area contributed by atoms with E-state index in [0.29, 0.717) is 4.60 Å². The first-order valence-electron chi connectivity index (χ1n) is 2.95. The van der Waals surface area contributed by atoms with Crippen molar-refractivity contribution in [2.24, 2.45) is 0 Å². The van der Waals surface area contributed by atoms with E-state index in [2.05, 4.69) is 26.1 Å². The first-order valence-corrected chi connectivity index (χ1v) is 3.75. The van der Waals surface area contributed by atoms with Crippen molar-refractivity contribution in [1.82, 2.24) is 10.2 Å². The summed E-state index contributed by atoms with van der Waals surface area (Å²) in [6.45, 7) is 0. The second kappa shape index (κ2) is 3.48. The highest BCUT2D eigenvalue weighted by Crippen LogP contribution is 2.18. The van der Waals surface area contributed by atoms with Crippen LogP contribution in [0, 0.1) is 0 Å². The molecule has 0 aliphatic rings. The van der Waals surface area contributed by atoms with Gasteiger partial charge in [0.2, 0.25) is 5.69 Å². The summed E-state index contributed by atoms with van der Waals surface area (Å²) in [6.07, 6.45) is 0. The predicted molar refractivity (Wildman–Crippen MR) is 43.2 cm³/mol. The standard InChI is InChI=1S/C6H5BrN2O3/c1-12-3-2-4(7)8-9-5(3)6(10)11/h2H,1H3,(H,10,11). The van der Waals surface area contributed by atoms with E-state index in [4.69, 9.17) is 9.84 Å². The van der Waals surface area contributed by atoms with Gasteiger partial charge in [-0.1, -0.05) is 0 Å². The van der Waals surface area contributed by atoms with Crippen LogP contribution in [0.1, 0.15) is 10.5 Å². The Bertz CT molecular complexity index is 316. The van der Waals surface area contributed by atoms with Crippen LogP contribution in [0.4, 0.5) is 0 Å². The van der Waals surface area contributed by atoms with Crippen molar-refractivity contribution in [3.05, 3.63) is 16.4 Å². The highest BCUT2D eigenvalue weighted by atomic mass is 79.9. The molecule has 1 aromatic heterocycles. The van der Waals surface area contributed by atoms with Crippen LogP contribution >= 0.6 is 15.9 Å². The Kier molecular flexibility index (Phi) is 2.59. The summed E-state index contributed by atoms with van der Waals surface area (Å²) in [6, 6.07) is 1.44. The summed E-state index contributed by atoms with van der Waals surface area (Å²) >= 11 is 3.04. The van der Waals surface area contributed by atoms with E-state index >= 15 is 0 Å². The van der Waals surface area contributed by atoms with E-state index in [0.717, 1.165) is 0 Å². The Morgan fingerprint density at radius 2 is 2.33 bits per heavy atom. The highest BCUT2D eigenvalue weighted by molar-refractivity contribution is 9.10. The van der Waals surface area contributed by atoms with Crippen molar-refractivity contribution >= 4 is 21.9 Å². The van der Waals surface area contributed by atoms with Crippen LogP contribution in [-0.4, -0.2) is 28.4 Å². The van der Waals surface area contributed by atoms with Crippen LogP contribution in [-0.2, 0) is 0 Å². The molecule has 0 aromatic carbocycles. The Hall–Kier alpha value is -1.17. The third kappa shape index (κ3) is 1.70. The second-order valence-corrected chi connectivity index (χ2v) is 2.70. The molecule has 0 bridgehead atoms. The number of rotatable bonds is 2. The SMILES string of the molecule is COc1cc(Br)nnc1C(=O)O. The monoisotopic (exact) mass is 232 g/mol. The molecule has 64 valence electrons. The molecule has 0 radical (unpaired) electrons. The van der Waals surface area contributed by atoms with Gasteiger partial charge in [-0.05, 0) is 15.9 Å². The minimum atomic E-state index is -1.16. The molecular formula is C6H5BrN2O3. The van der Waals surface area contributed by atoms with E-state index in [1.54, 1.807) is 0 Å². The average Bonchev–Trinajstić information content (AvgIpc) is 2.03. The van der Waals surface area contributed by atoms with Crippen molar-refractivity contribution in [2.45, 2.75) is 0 Å². The molecule has 0 saturated carbocycles. The summed E-state index contributed by atoms with van der Waals surface area (Å²) in [5.74, 6) is -0.976. The van der Waals surface area contributed by atoms with Crippen molar-refractivity contribution in [3.8, 4) is 5.75 Å². The van der Waals surface area contributed by atoms with E-state index < -0.39 is 5.97 Å². The Labute approximate surface area is 76.5 Å². The zero-order valence-electron chi connectivity index (χ0n) is 6.11.